The SMILES string of the molecule is CCOC(C)(CC)C(=O)c1sccc1Cl. The number of hydrogen-bond donors (Lipinski definition) is 0. The maximum atomic E-state index is 12.2. The molecule has 0 aliphatic rings. The Balaban J connectivity index is 2.96. The van der Waals surface area contributed by atoms with Crippen molar-refractivity contribution in [3.63, 3.8) is 0 Å². The van der Waals surface area contributed by atoms with Crippen LogP contribution < -0.4 is 0 Å². The van der Waals surface area contributed by atoms with E-state index in [4.69, 9.17) is 16.3 Å². The summed E-state index contributed by atoms with van der Waals surface area (Å²) in [5, 5.41) is 2.33. The third-order valence-corrected chi connectivity index (χ3v) is 3.78. The first-order chi connectivity index (χ1) is 7.05. The largest absolute Gasteiger partial charge is 0.367 e. The van der Waals surface area contributed by atoms with E-state index < -0.39 is 5.60 Å². The lowest BCUT2D eigenvalue weighted by Gasteiger charge is -2.26. The van der Waals surface area contributed by atoms with Crippen LogP contribution in [0.1, 0.15) is 36.9 Å². The van der Waals surface area contributed by atoms with Gasteiger partial charge in [0.15, 0.2) is 0 Å². The Hall–Kier alpha value is -0.380. The molecule has 0 aliphatic carbocycles. The number of ether oxygens (including phenoxy) is 1. The minimum atomic E-state index is -0.747. The van der Waals surface area contributed by atoms with Crippen molar-refractivity contribution in [1.82, 2.24) is 0 Å². The summed E-state index contributed by atoms with van der Waals surface area (Å²) >= 11 is 7.30. The van der Waals surface area contributed by atoms with Crippen molar-refractivity contribution in [2.24, 2.45) is 0 Å². The Morgan fingerprint density at radius 1 is 1.60 bits per heavy atom. The third kappa shape index (κ3) is 2.60. The Bertz CT molecular complexity index is 348. The van der Waals surface area contributed by atoms with Gasteiger partial charge in [0.05, 0.1) is 9.90 Å². The number of halogens is 1. The van der Waals surface area contributed by atoms with Gasteiger partial charge in [-0.1, -0.05) is 18.5 Å². The number of hydrogen-bond acceptors (Lipinski definition) is 3. The van der Waals surface area contributed by atoms with Gasteiger partial charge in [0.25, 0.3) is 0 Å². The molecule has 0 amide bonds. The number of thiophene rings is 1. The molecule has 0 N–H and O–H groups in total. The van der Waals surface area contributed by atoms with E-state index in [1.807, 2.05) is 26.2 Å². The smallest absolute Gasteiger partial charge is 0.205 e. The van der Waals surface area contributed by atoms with Crippen molar-refractivity contribution in [2.75, 3.05) is 6.61 Å². The van der Waals surface area contributed by atoms with Crippen LogP contribution >= 0.6 is 22.9 Å². The first kappa shape index (κ1) is 12.7. The van der Waals surface area contributed by atoms with Crippen molar-refractivity contribution in [2.45, 2.75) is 32.8 Å². The van der Waals surface area contributed by atoms with Gasteiger partial charge in [-0.3, -0.25) is 4.79 Å². The molecule has 0 fully saturated rings. The van der Waals surface area contributed by atoms with Crippen LogP contribution in [-0.2, 0) is 4.74 Å². The lowest BCUT2D eigenvalue weighted by molar-refractivity contribution is -0.0112. The quantitative estimate of drug-likeness (QED) is 0.739. The van der Waals surface area contributed by atoms with E-state index >= 15 is 0 Å². The Labute approximate surface area is 99.2 Å². The third-order valence-electron chi connectivity index (χ3n) is 2.44. The Kier molecular flexibility index (Phi) is 4.32. The maximum Gasteiger partial charge on any atom is 0.205 e. The van der Waals surface area contributed by atoms with E-state index in [0.717, 1.165) is 0 Å². The molecule has 1 aromatic heterocycles. The summed E-state index contributed by atoms with van der Waals surface area (Å²) in [6, 6.07) is 1.74. The predicted octanol–water partition coefficient (Wildman–Crippen LogP) is 3.79. The zero-order valence-corrected chi connectivity index (χ0v) is 10.7. The monoisotopic (exact) mass is 246 g/mol. The summed E-state index contributed by atoms with van der Waals surface area (Å²) < 4.78 is 5.52. The molecule has 0 radical (unpaired) electrons. The van der Waals surface area contributed by atoms with Gasteiger partial charge in [-0.05, 0) is 31.7 Å². The molecular formula is C11H15ClO2S. The molecule has 0 saturated carbocycles. The molecule has 0 aromatic carbocycles. The molecule has 1 heterocycles. The highest BCUT2D eigenvalue weighted by Crippen LogP contribution is 2.29. The average molecular weight is 247 g/mol. The summed E-state index contributed by atoms with van der Waals surface area (Å²) in [7, 11) is 0. The summed E-state index contributed by atoms with van der Waals surface area (Å²) in [4.78, 5) is 12.8. The second-order valence-electron chi connectivity index (χ2n) is 3.44. The van der Waals surface area contributed by atoms with Crippen LogP contribution in [0.2, 0.25) is 5.02 Å². The fourth-order valence-corrected chi connectivity index (χ4v) is 2.54. The summed E-state index contributed by atoms with van der Waals surface area (Å²) in [5.41, 5.74) is -0.747. The second kappa shape index (κ2) is 5.10. The number of ketones is 1. The number of carbonyl (C=O) groups excluding carboxylic acids is 1. The van der Waals surface area contributed by atoms with Crippen LogP contribution in [0, 0.1) is 0 Å². The molecule has 4 heteroatoms. The Morgan fingerprint density at radius 3 is 2.67 bits per heavy atom. The van der Waals surface area contributed by atoms with Crippen LogP contribution in [0.15, 0.2) is 11.4 Å². The second-order valence-corrected chi connectivity index (χ2v) is 4.77. The van der Waals surface area contributed by atoms with E-state index in [-0.39, 0.29) is 5.78 Å². The van der Waals surface area contributed by atoms with Crippen LogP contribution in [0.3, 0.4) is 0 Å². The highest BCUT2D eigenvalue weighted by Gasteiger charge is 2.34. The summed E-state index contributed by atoms with van der Waals surface area (Å²) in [5.74, 6) is -0.0214. The van der Waals surface area contributed by atoms with Gasteiger partial charge >= 0.3 is 0 Å². The van der Waals surface area contributed by atoms with Crippen LogP contribution in [0.4, 0.5) is 0 Å². The lowest BCUT2D eigenvalue weighted by Crippen LogP contribution is -2.37. The fourth-order valence-electron chi connectivity index (χ4n) is 1.34. The van der Waals surface area contributed by atoms with E-state index in [1.165, 1.54) is 11.3 Å². The van der Waals surface area contributed by atoms with Crippen LogP contribution in [0.5, 0.6) is 0 Å². The minimum Gasteiger partial charge on any atom is -0.367 e. The molecule has 0 saturated heterocycles. The van der Waals surface area contributed by atoms with Crippen molar-refractivity contribution >= 4 is 28.7 Å². The molecule has 1 unspecified atom stereocenters. The van der Waals surface area contributed by atoms with Crippen LogP contribution in [0.25, 0.3) is 0 Å². The number of rotatable bonds is 5. The molecule has 1 aromatic rings. The van der Waals surface area contributed by atoms with Crippen molar-refractivity contribution in [3.8, 4) is 0 Å². The van der Waals surface area contributed by atoms with Gasteiger partial charge in [0, 0.05) is 6.61 Å². The molecular weight excluding hydrogens is 232 g/mol. The topological polar surface area (TPSA) is 26.3 Å². The first-order valence-corrected chi connectivity index (χ1v) is 6.22. The number of Topliss-reactive ketones (excluding diaryl/α,β-unsaturated/α-hetero) is 1. The highest BCUT2D eigenvalue weighted by molar-refractivity contribution is 7.12. The van der Waals surface area contributed by atoms with Gasteiger partial charge in [0.2, 0.25) is 5.78 Å². The van der Waals surface area contributed by atoms with Gasteiger partial charge in [-0.25, -0.2) is 0 Å². The van der Waals surface area contributed by atoms with Crippen molar-refractivity contribution < 1.29 is 9.53 Å². The molecule has 1 rings (SSSR count). The zero-order chi connectivity index (χ0) is 11.5. The molecule has 0 aliphatic heterocycles. The molecule has 0 bridgehead atoms. The molecule has 1 atom stereocenters. The summed E-state index contributed by atoms with van der Waals surface area (Å²) in [6.45, 7) is 6.17. The standard InChI is InChI=1S/C11H15ClO2S/c1-4-11(3,14-5-2)10(13)9-8(12)6-7-15-9/h6-7H,4-5H2,1-3H3. The van der Waals surface area contributed by atoms with E-state index in [2.05, 4.69) is 0 Å². The predicted molar refractivity (Wildman–Crippen MR) is 64.0 cm³/mol. The molecule has 0 spiro atoms. The summed E-state index contributed by atoms with van der Waals surface area (Å²) in [6.07, 6.45) is 0.647. The Morgan fingerprint density at radius 2 is 2.27 bits per heavy atom. The molecule has 2 nitrogen and oxygen atoms in total. The highest BCUT2D eigenvalue weighted by atomic mass is 35.5. The van der Waals surface area contributed by atoms with Crippen molar-refractivity contribution in [1.29, 1.82) is 0 Å². The molecule has 84 valence electrons. The zero-order valence-electron chi connectivity index (χ0n) is 9.17. The van der Waals surface area contributed by atoms with Crippen LogP contribution in [-0.4, -0.2) is 18.0 Å². The lowest BCUT2D eigenvalue weighted by atomic mass is 9.96. The minimum absolute atomic E-state index is 0.0214. The van der Waals surface area contributed by atoms with E-state index in [0.29, 0.717) is 22.9 Å². The van der Waals surface area contributed by atoms with E-state index in [1.54, 1.807) is 6.07 Å². The normalized spacial score (nSPS) is 14.9. The maximum absolute atomic E-state index is 12.2. The number of carbonyl (C=O) groups is 1. The molecule has 15 heavy (non-hydrogen) atoms. The van der Waals surface area contributed by atoms with Gasteiger partial charge < -0.3 is 4.74 Å². The van der Waals surface area contributed by atoms with Crippen molar-refractivity contribution in [3.05, 3.63) is 21.3 Å². The van der Waals surface area contributed by atoms with E-state index in [9.17, 15) is 4.79 Å². The first-order valence-electron chi connectivity index (χ1n) is 4.97. The van der Waals surface area contributed by atoms with Gasteiger partial charge in [-0.2, -0.15) is 0 Å². The average Bonchev–Trinajstić information content (AvgIpc) is 2.63. The van der Waals surface area contributed by atoms with Gasteiger partial charge in [-0.15, -0.1) is 11.3 Å². The van der Waals surface area contributed by atoms with Gasteiger partial charge in [0.1, 0.15) is 5.60 Å². The fraction of sp³-hybridized carbons (Fsp3) is 0.545.